The number of halogens is 5. The summed E-state index contributed by atoms with van der Waals surface area (Å²) in [6.07, 6.45) is 31.0. The minimum absolute atomic E-state index is 0.122. The molecule has 580 valence electrons. The molecule has 118 heavy (non-hydrogen) atoms. The van der Waals surface area contributed by atoms with E-state index in [0.29, 0.717) is 5.56 Å². The van der Waals surface area contributed by atoms with Gasteiger partial charge in [0.05, 0.1) is 68.7 Å². The molecule has 0 aliphatic carbocycles. The molecular weight excluding hydrogens is 1520 g/mol. The smallest absolute Gasteiger partial charge is 0.490 e. The third-order valence-electron chi connectivity index (χ3n) is 19.8. The molecule has 0 radical (unpaired) electrons. The molecule has 0 fully saturated rings. The van der Waals surface area contributed by atoms with Crippen molar-refractivity contribution in [1.82, 2.24) is 49.8 Å². The Morgan fingerprint density at radius 2 is 0.661 bits per heavy atom. The van der Waals surface area contributed by atoms with Crippen molar-refractivity contribution < 1.29 is 49.1 Å². The van der Waals surface area contributed by atoms with Crippen molar-refractivity contribution in [3.8, 4) is 134 Å². The van der Waals surface area contributed by atoms with Crippen molar-refractivity contribution in [1.29, 1.82) is 0 Å². The number of nitrogens with zero attached hydrogens (tertiary/aromatic N) is 5. The summed E-state index contributed by atoms with van der Waals surface area (Å²) in [6.45, 7) is 5.81. The van der Waals surface area contributed by atoms with E-state index in [9.17, 15) is 17.6 Å². The van der Waals surface area contributed by atoms with E-state index in [4.69, 9.17) is 38.4 Å². The van der Waals surface area contributed by atoms with E-state index in [1.165, 1.54) is 28.8 Å². The SMILES string of the molecule is CC(C)Oc1ccccc1-c1cnc2[nH]cc(-c3ccoc3)c2c1.Cc1ccc(-c2cnc3[nH]cc(-c4ccoc4)c3c2)cc1F.Clc1ccc(-c2cnc3[nH]cc(-c4ccoc4)c3c2)cc1.FC(F)(F)Oc1ccc(-c2cnc3[nH]cc(-c4ccoc4)c3c2)cc1.c1ccc(-c2ccccc2-c2cnc3[nH]cc(-c4ccoc4)c3c2)cc1. The molecule has 6 aromatic carbocycles. The maximum absolute atomic E-state index is 13.8. The number of aryl methyl sites for hydroxylation is 1. The highest BCUT2D eigenvalue weighted by Crippen LogP contribution is 2.41. The number of aromatic nitrogens is 10. The Morgan fingerprint density at radius 3 is 1.03 bits per heavy atom. The average Bonchev–Trinajstić information content (AvgIpc) is 1.62. The first kappa shape index (κ1) is 75.5. The molecule has 0 saturated carbocycles. The number of para-hydroxylation sites is 1. The molecule has 0 saturated heterocycles. The van der Waals surface area contributed by atoms with Gasteiger partial charge >= 0.3 is 6.36 Å². The average molecular weight is 1590 g/mol. The monoisotopic (exact) mass is 1580 g/mol. The normalized spacial score (nSPS) is 11.3. The number of ether oxygens (including phenoxy) is 2. The molecule has 0 bridgehead atoms. The van der Waals surface area contributed by atoms with Gasteiger partial charge in [0.15, 0.2) is 0 Å². The molecule has 0 atom stereocenters. The second-order valence-corrected chi connectivity index (χ2v) is 28.2. The molecular formula is C96H69ClF4N10O7. The highest BCUT2D eigenvalue weighted by Gasteiger charge is 2.31. The van der Waals surface area contributed by atoms with Crippen LogP contribution in [0.3, 0.4) is 0 Å². The Morgan fingerprint density at radius 1 is 0.331 bits per heavy atom. The number of hydrogen-bond acceptors (Lipinski definition) is 12. The first-order valence-electron chi connectivity index (χ1n) is 37.4. The third-order valence-corrected chi connectivity index (χ3v) is 20.1. The van der Waals surface area contributed by atoms with Gasteiger partial charge in [-0.05, 0) is 157 Å². The van der Waals surface area contributed by atoms with Crippen LogP contribution in [0.15, 0.2) is 353 Å². The number of benzene rings is 6. The number of fused-ring (bicyclic) bond motifs is 5. The predicted octanol–water partition coefficient (Wildman–Crippen LogP) is 26.9. The largest absolute Gasteiger partial charge is 0.573 e. The van der Waals surface area contributed by atoms with Crippen LogP contribution in [0.1, 0.15) is 19.4 Å². The maximum Gasteiger partial charge on any atom is 0.573 e. The zero-order chi connectivity index (χ0) is 80.6. The zero-order valence-electron chi connectivity index (χ0n) is 63.2. The van der Waals surface area contributed by atoms with Crippen molar-refractivity contribution in [2.45, 2.75) is 33.2 Å². The standard InChI is InChI=1S/C23H16N2O.C20H18N2O2.C18H11F3N2O2.C18H13FN2O.C17H11ClN2O/c1-2-6-16(7-3-1)19-8-4-5-9-20(19)18-12-21-22(17-10-11-26-15-17)14-25-23(21)24-13-18;1-13(2)24-19-6-4-3-5-16(19)15-9-17-18(14-7-8-23-12-14)11-22-20(17)21-10-15;19-18(20,21)25-14-3-1-11(2-4-14)13-7-15-16(12-5-6-24-10-12)9-23-17(15)22-8-13;1-11-2-3-12(7-17(11)19)14-6-15-16(13-4-5-22-10-13)9-21-18(15)20-8-14;18-14-3-1-11(2-4-14)13-7-15-16(12-5-6-21-10-12)9-20-17(15)19-8-13/h1-15H,(H,24,25);3-13H,1-2H3,(H,21,22);1-10H,(H,22,23);2-10H,1H3,(H,20,21);1-10H,(H,19,20). The zero-order valence-corrected chi connectivity index (χ0v) is 64.0. The van der Waals surface area contributed by atoms with Gasteiger partial charge in [-0.15, -0.1) is 13.2 Å². The molecule has 17 nitrogen and oxygen atoms in total. The van der Waals surface area contributed by atoms with Crippen LogP contribution in [0.25, 0.3) is 178 Å². The lowest BCUT2D eigenvalue weighted by atomic mass is 9.95. The van der Waals surface area contributed by atoms with Crippen LogP contribution in [-0.4, -0.2) is 62.3 Å². The summed E-state index contributed by atoms with van der Waals surface area (Å²) < 4.78 is 86.2. The summed E-state index contributed by atoms with van der Waals surface area (Å²) in [4.78, 5) is 38.4. The Bertz CT molecular complexity index is 6930. The van der Waals surface area contributed by atoms with Crippen molar-refractivity contribution in [3.63, 3.8) is 0 Å². The Hall–Kier alpha value is -15.2. The van der Waals surface area contributed by atoms with E-state index >= 15 is 0 Å². The highest BCUT2D eigenvalue weighted by atomic mass is 35.5. The molecule has 21 aromatic rings. The molecule has 15 heterocycles. The highest BCUT2D eigenvalue weighted by molar-refractivity contribution is 6.30. The van der Waals surface area contributed by atoms with Gasteiger partial charge in [-0.1, -0.05) is 121 Å². The van der Waals surface area contributed by atoms with E-state index in [2.05, 4.69) is 127 Å². The Labute approximate surface area is 676 Å². The molecule has 0 unspecified atom stereocenters. The number of H-pyrrole nitrogens is 5. The minimum Gasteiger partial charge on any atom is -0.490 e. The fraction of sp³-hybridized carbons (Fsp3) is 0.0521. The molecule has 0 aliphatic rings. The minimum atomic E-state index is -4.70. The van der Waals surface area contributed by atoms with Gasteiger partial charge < -0.3 is 56.5 Å². The van der Waals surface area contributed by atoms with Gasteiger partial charge in [-0.2, -0.15) is 0 Å². The quantitative estimate of drug-likeness (QED) is 0.0641. The number of pyridine rings is 5. The summed E-state index contributed by atoms with van der Waals surface area (Å²) >= 11 is 5.94. The second kappa shape index (κ2) is 33.5. The molecule has 0 amide bonds. The van der Waals surface area contributed by atoms with Crippen molar-refractivity contribution in [3.05, 3.63) is 347 Å². The van der Waals surface area contributed by atoms with Crippen LogP contribution in [-0.2, 0) is 0 Å². The van der Waals surface area contributed by atoms with E-state index in [-0.39, 0.29) is 17.7 Å². The molecule has 21 rings (SSSR count). The van der Waals surface area contributed by atoms with Crippen molar-refractivity contribution in [2.75, 3.05) is 0 Å². The number of nitrogens with one attached hydrogen (secondary N) is 5. The lowest BCUT2D eigenvalue weighted by Gasteiger charge is -2.14. The van der Waals surface area contributed by atoms with Crippen LogP contribution in [0.5, 0.6) is 11.5 Å². The first-order chi connectivity index (χ1) is 57.6. The summed E-state index contributed by atoms with van der Waals surface area (Å²) in [5.74, 6) is 0.404. The van der Waals surface area contributed by atoms with Crippen molar-refractivity contribution >= 4 is 66.8 Å². The van der Waals surface area contributed by atoms with Crippen LogP contribution >= 0.6 is 11.6 Å². The van der Waals surface area contributed by atoms with Gasteiger partial charge in [-0.25, -0.2) is 29.3 Å². The van der Waals surface area contributed by atoms with Crippen LogP contribution in [0.2, 0.25) is 5.02 Å². The molecule has 0 spiro atoms. The lowest BCUT2D eigenvalue weighted by Crippen LogP contribution is -2.16. The van der Waals surface area contributed by atoms with Crippen LogP contribution in [0.4, 0.5) is 17.6 Å². The lowest BCUT2D eigenvalue weighted by molar-refractivity contribution is -0.274. The van der Waals surface area contributed by atoms with Gasteiger partial charge in [-0.3, -0.25) is 0 Å². The fourth-order valence-corrected chi connectivity index (χ4v) is 14.1. The molecule has 15 aromatic heterocycles. The Kier molecular flexibility index (Phi) is 21.4. The van der Waals surface area contributed by atoms with Gasteiger partial charge in [0.25, 0.3) is 0 Å². The van der Waals surface area contributed by atoms with Gasteiger partial charge in [0, 0.05) is 183 Å². The summed E-state index contributed by atoms with van der Waals surface area (Å²) in [7, 11) is 0. The molecule has 5 N–H and O–H groups in total. The van der Waals surface area contributed by atoms with Crippen molar-refractivity contribution in [2.24, 2.45) is 0 Å². The van der Waals surface area contributed by atoms with Crippen LogP contribution < -0.4 is 9.47 Å². The third kappa shape index (κ3) is 16.6. The van der Waals surface area contributed by atoms with Gasteiger partial charge in [0.2, 0.25) is 0 Å². The number of rotatable bonds is 14. The van der Waals surface area contributed by atoms with E-state index < -0.39 is 6.36 Å². The van der Waals surface area contributed by atoms with E-state index in [0.717, 1.165) is 172 Å². The summed E-state index contributed by atoms with van der Waals surface area (Å²) in [5, 5.41) is 5.84. The molecule has 0 aliphatic heterocycles. The summed E-state index contributed by atoms with van der Waals surface area (Å²) in [5.41, 5.74) is 27.1. The number of alkyl halides is 3. The van der Waals surface area contributed by atoms with Gasteiger partial charge in [0.1, 0.15) is 45.6 Å². The van der Waals surface area contributed by atoms with E-state index in [1.54, 1.807) is 106 Å². The number of aromatic amines is 5. The van der Waals surface area contributed by atoms with E-state index in [1.807, 2.05) is 160 Å². The predicted molar refractivity (Wildman–Crippen MR) is 454 cm³/mol. The summed E-state index contributed by atoms with van der Waals surface area (Å²) in [6, 6.07) is 65.7. The topological polar surface area (TPSA) is 228 Å². The first-order valence-corrected chi connectivity index (χ1v) is 37.8. The second-order valence-electron chi connectivity index (χ2n) is 27.8. The van der Waals surface area contributed by atoms with Crippen LogP contribution in [0, 0.1) is 12.7 Å². The maximum atomic E-state index is 13.8. The molecule has 22 heteroatoms. The fourth-order valence-electron chi connectivity index (χ4n) is 14.0. The Balaban J connectivity index is 0.000000106. The number of furan rings is 5. The number of hydrogen-bond donors (Lipinski definition) is 5.